The van der Waals surface area contributed by atoms with Gasteiger partial charge in [0, 0.05) is 24.4 Å². The fourth-order valence-electron chi connectivity index (χ4n) is 4.15. The number of likely N-dealkylation sites (tertiary alicyclic amines) is 1. The largest absolute Gasteiger partial charge is 0.633 e. The van der Waals surface area contributed by atoms with E-state index in [0.717, 1.165) is 42.3 Å². The van der Waals surface area contributed by atoms with Crippen molar-refractivity contribution in [3.05, 3.63) is 57.8 Å². The first-order chi connectivity index (χ1) is 13.6. The molecule has 2 aromatic carbocycles. The highest BCUT2D eigenvalue weighted by molar-refractivity contribution is 6.11. The second-order valence-corrected chi connectivity index (χ2v) is 7.50. The summed E-state index contributed by atoms with van der Waals surface area (Å²) in [6, 6.07) is 12.6. The molecule has 4 rings (SSSR count). The van der Waals surface area contributed by atoms with E-state index in [9.17, 15) is 15.3 Å². The van der Waals surface area contributed by atoms with Crippen LogP contribution >= 0.6 is 0 Å². The van der Waals surface area contributed by atoms with Gasteiger partial charge in [0.1, 0.15) is 5.39 Å². The van der Waals surface area contributed by atoms with Crippen molar-refractivity contribution in [2.75, 3.05) is 31.5 Å². The van der Waals surface area contributed by atoms with E-state index in [2.05, 4.69) is 10.3 Å². The second kappa shape index (κ2) is 7.69. The lowest BCUT2D eigenvalue weighted by Crippen LogP contribution is -2.47. The first-order valence-electron chi connectivity index (χ1n) is 9.84. The van der Waals surface area contributed by atoms with Crippen molar-refractivity contribution >= 4 is 33.2 Å². The van der Waals surface area contributed by atoms with Crippen molar-refractivity contribution < 1.29 is 9.57 Å². The van der Waals surface area contributed by atoms with Crippen LogP contribution in [0.4, 0.5) is 11.4 Å². The Labute approximate surface area is 163 Å². The van der Waals surface area contributed by atoms with Crippen LogP contribution in [0.3, 0.4) is 0 Å². The average Bonchev–Trinajstić information content (AvgIpc) is 2.70. The number of nitrogens with one attached hydrogen (secondary N) is 1. The number of nitro groups is 1. The van der Waals surface area contributed by atoms with Crippen LogP contribution in [-0.2, 0) is 0 Å². The van der Waals surface area contributed by atoms with Crippen LogP contribution in [0.15, 0.2) is 42.5 Å². The van der Waals surface area contributed by atoms with Crippen molar-refractivity contribution in [1.29, 1.82) is 0 Å². The Morgan fingerprint density at radius 1 is 1.04 bits per heavy atom. The van der Waals surface area contributed by atoms with Gasteiger partial charge in [-0.15, -0.1) is 0 Å². The maximum atomic E-state index is 12.7. The zero-order valence-electron chi connectivity index (χ0n) is 15.8. The van der Waals surface area contributed by atoms with E-state index in [1.54, 1.807) is 12.1 Å². The summed E-state index contributed by atoms with van der Waals surface area (Å²) in [4.78, 5) is 15.8. The molecule has 0 aliphatic carbocycles. The molecular weight excluding hydrogens is 356 g/mol. The summed E-state index contributed by atoms with van der Waals surface area (Å²) in [5.41, 5.74) is 2.16. The summed E-state index contributed by atoms with van der Waals surface area (Å²) < 4.78 is -0.111. The molecule has 0 amide bonds. The van der Waals surface area contributed by atoms with Gasteiger partial charge in [0.05, 0.1) is 41.3 Å². The molecule has 1 fully saturated rings. The first kappa shape index (κ1) is 18.6. The number of anilines is 1. The minimum atomic E-state index is -0.366. The molecule has 1 aliphatic heterocycles. The van der Waals surface area contributed by atoms with Gasteiger partial charge in [-0.1, -0.05) is 24.3 Å². The van der Waals surface area contributed by atoms with Gasteiger partial charge in [0.25, 0.3) is 5.69 Å². The number of pyridine rings is 1. The van der Waals surface area contributed by atoms with Crippen LogP contribution in [0, 0.1) is 15.3 Å². The highest BCUT2D eigenvalue weighted by Gasteiger charge is 2.21. The maximum absolute atomic E-state index is 12.7. The van der Waals surface area contributed by atoms with Crippen molar-refractivity contribution in [3.63, 3.8) is 0 Å². The molecule has 3 aromatic rings. The number of nitrogens with zero attached hydrogens (tertiary/aromatic N) is 3. The van der Waals surface area contributed by atoms with E-state index in [1.807, 2.05) is 24.3 Å². The van der Waals surface area contributed by atoms with Gasteiger partial charge in [0.15, 0.2) is 0 Å². The lowest BCUT2D eigenvalue weighted by molar-refractivity contribution is -0.885. The molecule has 0 unspecified atom stereocenters. The summed E-state index contributed by atoms with van der Waals surface area (Å²) >= 11 is 0. The second-order valence-electron chi connectivity index (χ2n) is 7.50. The number of hydrogen-bond donors (Lipinski definition) is 1. The van der Waals surface area contributed by atoms with Crippen molar-refractivity contribution in [2.24, 2.45) is 0 Å². The van der Waals surface area contributed by atoms with E-state index < -0.39 is 0 Å². The predicted molar refractivity (Wildman–Crippen MR) is 111 cm³/mol. The SMILES string of the molecule is O=[N+]([O-])c1cccc2nc3ccccc3c(NCCC[N+]3([O-])CCCCC3)c12. The Bertz CT molecular complexity index is 1020. The number of nitro benzene ring substituents is 1. The van der Waals surface area contributed by atoms with Gasteiger partial charge >= 0.3 is 0 Å². The number of quaternary nitrogens is 1. The molecule has 28 heavy (non-hydrogen) atoms. The van der Waals surface area contributed by atoms with Crippen LogP contribution in [0.1, 0.15) is 25.7 Å². The molecule has 0 bridgehead atoms. The van der Waals surface area contributed by atoms with Crippen molar-refractivity contribution in [2.45, 2.75) is 25.7 Å². The lowest BCUT2D eigenvalue weighted by atomic mass is 10.1. The number of hydroxylamine groups is 3. The van der Waals surface area contributed by atoms with Crippen LogP contribution in [0.25, 0.3) is 21.8 Å². The molecule has 0 atom stereocenters. The van der Waals surface area contributed by atoms with Gasteiger partial charge in [-0.2, -0.15) is 0 Å². The third-order valence-corrected chi connectivity index (χ3v) is 5.56. The fourth-order valence-corrected chi connectivity index (χ4v) is 4.15. The molecule has 1 N–H and O–H groups in total. The van der Waals surface area contributed by atoms with E-state index in [0.29, 0.717) is 37.1 Å². The van der Waals surface area contributed by atoms with Crippen LogP contribution < -0.4 is 5.32 Å². The van der Waals surface area contributed by atoms with Gasteiger partial charge in [-0.3, -0.25) is 10.1 Å². The topological polar surface area (TPSA) is 91.1 Å². The summed E-state index contributed by atoms with van der Waals surface area (Å²) in [7, 11) is 0. The van der Waals surface area contributed by atoms with E-state index in [-0.39, 0.29) is 15.3 Å². The minimum Gasteiger partial charge on any atom is -0.633 e. The number of fused-ring (bicyclic) bond motifs is 2. The standard InChI is InChI=1S/C21H24N4O3/c26-24(27)19-11-6-10-18-20(19)21(16-8-2-3-9-17(16)23-18)22-12-7-15-25(28)13-4-1-5-14-25/h2-3,6,8-11H,1,4-5,7,12-15H2,(H,22,23). The number of piperidine rings is 1. The number of aromatic nitrogens is 1. The summed E-state index contributed by atoms with van der Waals surface area (Å²) in [5.74, 6) is 0. The Balaban J connectivity index is 1.64. The number of non-ortho nitro benzene ring substituents is 1. The number of para-hydroxylation sites is 1. The molecule has 1 aromatic heterocycles. The minimum absolute atomic E-state index is 0.0432. The summed E-state index contributed by atoms with van der Waals surface area (Å²) in [6.07, 6.45) is 3.88. The Hall–Kier alpha value is -2.77. The molecule has 2 heterocycles. The number of benzene rings is 2. The molecular formula is C21H24N4O3. The molecule has 0 saturated carbocycles. The summed E-state index contributed by atoms with van der Waals surface area (Å²) in [5, 5.41) is 29.1. The Morgan fingerprint density at radius 2 is 1.79 bits per heavy atom. The number of rotatable bonds is 6. The van der Waals surface area contributed by atoms with Crippen molar-refractivity contribution in [1.82, 2.24) is 4.98 Å². The molecule has 0 spiro atoms. The zero-order valence-corrected chi connectivity index (χ0v) is 15.8. The quantitative estimate of drug-likeness (QED) is 0.169. The van der Waals surface area contributed by atoms with Crippen LogP contribution in [-0.4, -0.2) is 40.7 Å². The lowest BCUT2D eigenvalue weighted by Gasteiger charge is -2.45. The first-order valence-corrected chi connectivity index (χ1v) is 9.84. The van der Waals surface area contributed by atoms with Crippen LogP contribution in [0.2, 0.25) is 0 Å². The normalized spacial score (nSPS) is 16.3. The molecule has 7 heteroatoms. The van der Waals surface area contributed by atoms with Gasteiger partial charge in [-0.05, 0) is 31.4 Å². The van der Waals surface area contributed by atoms with E-state index >= 15 is 0 Å². The predicted octanol–water partition coefficient (Wildman–Crippen LogP) is 4.60. The molecule has 1 saturated heterocycles. The summed E-state index contributed by atoms with van der Waals surface area (Å²) in [6.45, 7) is 2.58. The molecule has 7 nitrogen and oxygen atoms in total. The highest BCUT2D eigenvalue weighted by atomic mass is 16.6. The number of hydrogen-bond acceptors (Lipinski definition) is 5. The monoisotopic (exact) mass is 380 g/mol. The molecule has 0 radical (unpaired) electrons. The highest BCUT2D eigenvalue weighted by Crippen LogP contribution is 2.36. The average molecular weight is 380 g/mol. The molecule has 1 aliphatic rings. The molecule has 146 valence electrons. The third kappa shape index (κ3) is 3.63. The smallest absolute Gasteiger partial charge is 0.280 e. The van der Waals surface area contributed by atoms with Gasteiger partial charge < -0.3 is 15.2 Å². The van der Waals surface area contributed by atoms with Crippen molar-refractivity contribution in [3.8, 4) is 0 Å². The third-order valence-electron chi connectivity index (χ3n) is 5.56. The zero-order chi connectivity index (χ0) is 19.6. The fraction of sp³-hybridized carbons (Fsp3) is 0.381. The van der Waals surface area contributed by atoms with Gasteiger partial charge in [0.2, 0.25) is 0 Å². The van der Waals surface area contributed by atoms with E-state index in [4.69, 9.17) is 0 Å². The Morgan fingerprint density at radius 3 is 2.57 bits per heavy atom. The maximum Gasteiger partial charge on any atom is 0.280 e. The van der Waals surface area contributed by atoms with Gasteiger partial charge in [-0.25, -0.2) is 4.98 Å². The van der Waals surface area contributed by atoms with E-state index in [1.165, 1.54) is 6.07 Å². The van der Waals surface area contributed by atoms with Crippen LogP contribution in [0.5, 0.6) is 0 Å². The Kier molecular flexibility index (Phi) is 5.11.